The van der Waals surface area contributed by atoms with Gasteiger partial charge in [0.15, 0.2) is 0 Å². The number of halogens is 2. The highest BCUT2D eigenvalue weighted by atomic mass is 79.9. The monoisotopic (exact) mass is 346 g/mol. The minimum Gasteiger partial charge on any atom is -0.299 e. The Bertz CT molecular complexity index is 681. The lowest BCUT2D eigenvalue weighted by atomic mass is 9.79. The van der Waals surface area contributed by atoms with Gasteiger partial charge in [0.25, 0.3) is 0 Å². The van der Waals surface area contributed by atoms with Crippen molar-refractivity contribution in [3.05, 3.63) is 69.4 Å². The van der Waals surface area contributed by atoms with Crippen molar-refractivity contribution in [2.45, 2.75) is 31.6 Å². The summed E-state index contributed by atoms with van der Waals surface area (Å²) < 4.78 is 14.6. The zero-order chi connectivity index (χ0) is 14.8. The van der Waals surface area contributed by atoms with Crippen LogP contribution in [0.25, 0.3) is 0 Å². The summed E-state index contributed by atoms with van der Waals surface area (Å²) in [7, 11) is 0. The minimum absolute atomic E-state index is 0.0895. The molecule has 1 atom stereocenters. The second-order valence-electron chi connectivity index (χ2n) is 5.52. The van der Waals surface area contributed by atoms with Crippen molar-refractivity contribution >= 4 is 21.7 Å². The summed E-state index contributed by atoms with van der Waals surface area (Å²) in [6, 6.07) is 12.9. The summed E-state index contributed by atoms with van der Waals surface area (Å²) in [6.45, 7) is 0. The molecular formula is C18H16BrFO. The lowest BCUT2D eigenvalue weighted by Crippen LogP contribution is -2.20. The van der Waals surface area contributed by atoms with E-state index in [1.165, 1.54) is 11.6 Å². The fraction of sp³-hybridized carbons (Fsp3) is 0.278. The van der Waals surface area contributed by atoms with Gasteiger partial charge in [0.05, 0.1) is 0 Å². The number of hydrogen-bond donors (Lipinski definition) is 0. The van der Waals surface area contributed by atoms with Gasteiger partial charge in [-0.25, -0.2) is 4.39 Å². The van der Waals surface area contributed by atoms with Crippen molar-refractivity contribution in [3.63, 3.8) is 0 Å². The van der Waals surface area contributed by atoms with Gasteiger partial charge in [-0.2, -0.15) is 0 Å². The molecule has 108 valence electrons. The van der Waals surface area contributed by atoms with Crippen LogP contribution >= 0.6 is 15.9 Å². The van der Waals surface area contributed by atoms with Crippen molar-refractivity contribution in [2.24, 2.45) is 0 Å². The number of hydrogen-bond acceptors (Lipinski definition) is 1. The molecule has 0 aliphatic heterocycles. The predicted octanol–water partition coefficient (Wildman–Crippen LogP) is 4.82. The van der Waals surface area contributed by atoms with E-state index in [1.54, 1.807) is 12.1 Å². The predicted molar refractivity (Wildman–Crippen MR) is 84.9 cm³/mol. The first-order valence-electron chi connectivity index (χ1n) is 7.19. The normalized spacial score (nSPS) is 17.3. The van der Waals surface area contributed by atoms with Gasteiger partial charge in [0.1, 0.15) is 11.6 Å². The molecule has 0 amide bonds. The molecule has 0 fully saturated rings. The lowest BCUT2D eigenvalue weighted by Gasteiger charge is -2.24. The first-order chi connectivity index (χ1) is 10.1. The van der Waals surface area contributed by atoms with Crippen molar-refractivity contribution < 1.29 is 9.18 Å². The molecule has 2 aromatic carbocycles. The van der Waals surface area contributed by atoms with Gasteiger partial charge in [-0.15, -0.1) is 0 Å². The second kappa shape index (κ2) is 6.10. The van der Waals surface area contributed by atoms with Crippen LogP contribution in [0.5, 0.6) is 0 Å². The maximum atomic E-state index is 13.8. The van der Waals surface area contributed by atoms with Crippen LogP contribution < -0.4 is 0 Å². The fourth-order valence-electron chi connectivity index (χ4n) is 3.08. The van der Waals surface area contributed by atoms with Crippen molar-refractivity contribution in [1.29, 1.82) is 0 Å². The molecule has 21 heavy (non-hydrogen) atoms. The summed E-state index contributed by atoms with van der Waals surface area (Å²) in [5.74, 6) is -0.289. The first-order valence-corrected chi connectivity index (χ1v) is 7.99. The average Bonchev–Trinajstić information content (AvgIpc) is 2.50. The summed E-state index contributed by atoms with van der Waals surface area (Å²) in [6.07, 6.45) is 3.08. The Morgan fingerprint density at radius 2 is 2.05 bits per heavy atom. The highest BCUT2D eigenvalue weighted by Crippen LogP contribution is 2.33. The number of benzene rings is 2. The molecule has 3 heteroatoms. The van der Waals surface area contributed by atoms with Crippen LogP contribution in [0.2, 0.25) is 0 Å². The molecule has 3 rings (SSSR count). The van der Waals surface area contributed by atoms with Crippen LogP contribution in [0, 0.1) is 5.82 Å². The summed E-state index contributed by atoms with van der Waals surface area (Å²) in [4.78, 5) is 12.6. The van der Waals surface area contributed by atoms with Crippen LogP contribution in [-0.4, -0.2) is 5.78 Å². The Hall–Kier alpha value is -1.48. The quantitative estimate of drug-likeness (QED) is 0.778. The largest absolute Gasteiger partial charge is 0.299 e. The molecule has 0 spiro atoms. The van der Waals surface area contributed by atoms with E-state index in [4.69, 9.17) is 0 Å². The second-order valence-corrected chi connectivity index (χ2v) is 6.44. The standard InChI is InChI=1S/C18H16BrFO/c19-14-8-9-17(20)13(10-14)11-18(21)16-7-3-5-12-4-1-2-6-15(12)16/h1-2,4,6,8-10,16H,3,5,7,11H2. The number of fused-ring (bicyclic) bond motifs is 1. The number of Topliss-reactive ketones (excluding diaryl/α,β-unsaturated/α-hetero) is 1. The highest BCUT2D eigenvalue weighted by Gasteiger charge is 2.26. The Balaban J connectivity index is 1.85. The van der Waals surface area contributed by atoms with E-state index in [-0.39, 0.29) is 23.9 Å². The number of aryl methyl sites for hydroxylation is 1. The maximum absolute atomic E-state index is 13.8. The third-order valence-electron chi connectivity index (χ3n) is 4.13. The van der Waals surface area contributed by atoms with Crippen LogP contribution in [0.1, 0.15) is 35.4 Å². The smallest absolute Gasteiger partial charge is 0.144 e. The zero-order valence-electron chi connectivity index (χ0n) is 11.6. The molecule has 0 radical (unpaired) electrons. The van der Waals surface area contributed by atoms with E-state index in [9.17, 15) is 9.18 Å². The van der Waals surface area contributed by atoms with E-state index >= 15 is 0 Å². The molecule has 1 aliphatic rings. The zero-order valence-corrected chi connectivity index (χ0v) is 13.2. The molecule has 0 saturated heterocycles. The van der Waals surface area contributed by atoms with Gasteiger partial charge < -0.3 is 0 Å². The number of ketones is 1. The van der Waals surface area contributed by atoms with Crippen LogP contribution in [-0.2, 0) is 17.6 Å². The molecule has 1 aliphatic carbocycles. The molecule has 0 bridgehead atoms. The van der Waals surface area contributed by atoms with Gasteiger partial charge in [-0.05, 0) is 54.2 Å². The van der Waals surface area contributed by atoms with Crippen LogP contribution in [0.15, 0.2) is 46.9 Å². The van der Waals surface area contributed by atoms with E-state index in [0.717, 1.165) is 29.3 Å². The van der Waals surface area contributed by atoms with Gasteiger partial charge in [-0.1, -0.05) is 40.2 Å². The molecule has 2 aromatic rings. The Morgan fingerprint density at radius 3 is 2.90 bits per heavy atom. The topological polar surface area (TPSA) is 17.1 Å². The Labute approximate surface area is 132 Å². The molecule has 0 aromatic heterocycles. The highest BCUT2D eigenvalue weighted by molar-refractivity contribution is 9.10. The third kappa shape index (κ3) is 3.08. The number of carbonyl (C=O) groups is 1. The Kier molecular flexibility index (Phi) is 4.20. The van der Waals surface area contributed by atoms with Crippen molar-refractivity contribution in [2.75, 3.05) is 0 Å². The van der Waals surface area contributed by atoms with Crippen molar-refractivity contribution in [3.8, 4) is 0 Å². The molecule has 0 saturated carbocycles. The SMILES string of the molecule is O=C(Cc1cc(Br)ccc1F)C1CCCc2ccccc21. The maximum Gasteiger partial charge on any atom is 0.144 e. The molecular weight excluding hydrogens is 331 g/mol. The third-order valence-corrected chi connectivity index (χ3v) is 4.62. The molecule has 1 unspecified atom stereocenters. The average molecular weight is 347 g/mol. The van der Waals surface area contributed by atoms with Crippen LogP contribution in [0.4, 0.5) is 4.39 Å². The van der Waals surface area contributed by atoms with Crippen LogP contribution in [0.3, 0.4) is 0 Å². The summed E-state index contributed by atoms with van der Waals surface area (Å²) in [5.41, 5.74) is 2.86. The van der Waals surface area contributed by atoms with E-state index < -0.39 is 0 Å². The molecule has 0 N–H and O–H groups in total. The lowest BCUT2D eigenvalue weighted by molar-refractivity contribution is -0.120. The van der Waals surface area contributed by atoms with Crippen molar-refractivity contribution in [1.82, 2.24) is 0 Å². The number of carbonyl (C=O) groups excluding carboxylic acids is 1. The first kappa shape index (κ1) is 14.5. The van der Waals surface area contributed by atoms with E-state index in [1.807, 2.05) is 18.2 Å². The fourth-order valence-corrected chi connectivity index (χ4v) is 3.49. The van der Waals surface area contributed by atoms with E-state index in [0.29, 0.717) is 5.56 Å². The van der Waals surface area contributed by atoms with Gasteiger partial charge in [0.2, 0.25) is 0 Å². The molecule has 0 heterocycles. The Morgan fingerprint density at radius 1 is 1.24 bits per heavy atom. The minimum atomic E-state index is -0.310. The van der Waals surface area contributed by atoms with E-state index in [2.05, 4.69) is 22.0 Å². The molecule has 1 nitrogen and oxygen atoms in total. The van der Waals surface area contributed by atoms with Gasteiger partial charge in [0, 0.05) is 16.8 Å². The van der Waals surface area contributed by atoms with Gasteiger partial charge in [-0.3, -0.25) is 4.79 Å². The number of rotatable bonds is 3. The summed E-state index contributed by atoms with van der Waals surface area (Å²) in [5, 5.41) is 0. The summed E-state index contributed by atoms with van der Waals surface area (Å²) >= 11 is 3.33. The van der Waals surface area contributed by atoms with Gasteiger partial charge >= 0.3 is 0 Å².